The van der Waals surface area contributed by atoms with Gasteiger partial charge in [0.2, 0.25) is 5.91 Å². The lowest BCUT2D eigenvalue weighted by atomic mass is 9.47. The SMILES string of the molecule is O=C(CC12CC3CC(CC(O)(C3)C1)C2)NC1CCSc2ccc(F)cc21. The highest BCUT2D eigenvalue weighted by molar-refractivity contribution is 7.99. The van der Waals surface area contributed by atoms with Gasteiger partial charge in [-0.05, 0) is 86.0 Å². The number of carbonyl (C=O) groups excluding carboxylic acids is 1. The summed E-state index contributed by atoms with van der Waals surface area (Å²) in [5.74, 6) is 1.96. The average Bonchev–Trinajstić information content (AvgIpc) is 2.52. The minimum Gasteiger partial charge on any atom is -0.390 e. The Labute approximate surface area is 158 Å². The lowest BCUT2D eigenvalue weighted by Crippen LogP contribution is -2.56. The second-order valence-electron chi connectivity index (χ2n) is 9.30. The van der Waals surface area contributed by atoms with E-state index in [1.807, 2.05) is 6.07 Å². The highest BCUT2D eigenvalue weighted by atomic mass is 32.2. The van der Waals surface area contributed by atoms with Gasteiger partial charge in [-0.2, -0.15) is 0 Å². The summed E-state index contributed by atoms with van der Waals surface area (Å²) in [5, 5.41) is 14.1. The van der Waals surface area contributed by atoms with Crippen LogP contribution in [0.5, 0.6) is 0 Å². The summed E-state index contributed by atoms with van der Waals surface area (Å²) in [5.41, 5.74) is 0.373. The number of fused-ring (bicyclic) bond motifs is 1. The Morgan fingerprint density at radius 3 is 2.77 bits per heavy atom. The van der Waals surface area contributed by atoms with Crippen LogP contribution >= 0.6 is 11.8 Å². The number of benzene rings is 1. The molecule has 1 aromatic rings. The second-order valence-corrected chi connectivity index (χ2v) is 10.4. The van der Waals surface area contributed by atoms with Gasteiger partial charge in [0.25, 0.3) is 0 Å². The van der Waals surface area contributed by atoms with Crippen LogP contribution in [0, 0.1) is 23.1 Å². The lowest BCUT2D eigenvalue weighted by molar-refractivity contribution is -0.169. The van der Waals surface area contributed by atoms with Gasteiger partial charge >= 0.3 is 0 Å². The van der Waals surface area contributed by atoms with Gasteiger partial charge in [0.1, 0.15) is 5.82 Å². The van der Waals surface area contributed by atoms with Crippen LogP contribution in [0.4, 0.5) is 4.39 Å². The molecule has 5 heteroatoms. The molecule has 1 aromatic carbocycles. The lowest BCUT2D eigenvalue weighted by Gasteiger charge is -2.60. The third-order valence-electron chi connectivity index (χ3n) is 7.03. The van der Waals surface area contributed by atoms with Crippen LogP contribution in [0.15, 0.2) is 23.1 Å². The molecule has 6 rings (SSSR count). The molecular weight excluding hydrogens is 349 g/mol. The smallest absolute Gasteiger partial charge is 0.221 e. The van der Waals surface area contributed by atoms with E-state index in [4.69, 9.17) is 0 Å². The molecule has 0 spiro atoms. The molecule has 2 N–H and O–H groups in total. The minimum absolute atomic E-state index is 0.0168. The standard InChI is InChI=1S/C21H26FNO2S/c22-15-1-2-18-16(6-15)17(3-4-26-18)23-19(24)11-20-7-13-5-14(8-20)10-21(25,9-13)12-20/h1-2,6,13-14,17,25H,3-5,7-12H2,(H,23,24). The predicted molar refractivity (Wildman–Crippen MR) is 99.3 cm³/mol. The van der Waals surface area contributed by atoms with Crippen LogP contribution in [-0.2, 0) is 4.79 Å². The van der Waals surface area contributed by atoms with Crippen molar-refractivity contribution >= 4 is 17.7 Å². The van der Waals surface area contributed by atoms with Crippen molar-refractivity contribution in [2.75, 3.05) is 5.75 Å². The number of hydrogen-bond donors (Lipinski definition) is 2. The number of halogens is 1. The van der Waals surface area contributed by atoms with Crippen LogP contribution in [-0.4, -0.2) is 22.4 Å². The van der Waals surface area contributed by atoms with E-state index in [1.54, 1.807) is 17.8 Å². The summed E-state index contributed by atoms with van der Waals surface area (Å²) >= 11 is 1.73. The van der Waals surface area contributed by atoms with Gasteiger partial charge in [-0.1, -0.05) is 0 Å². The Morgan fingerprint density at radius 2 is 2.04 bits per heavy atom. The molecular formula is C21H26FNO2S. The van der Waals surface area contributed by atoms with Crippen molar-refractivity contribution in [1.29, 1.82) is 0 Å². The van der Waals surface area contributed by atoms with Gasteiger partial charge in [-0.15, -0.1) is 11.8 Å². The molecule has 4 fully saturated rings. The monoisotopic (exact) mass is 375 g/mol. The first kappa shape index (κ1) is 17.1. The van der Waals surface area contributed by atoms with Crippen molar-refractivity contribution in [3.8, 4) is 0 Å². The van der Waals surface area contributed by atoms with E-state index >= 15 is 0 Å². The van der Waals surface area contributed by atoms with Gasteiger partial charge in [0.15, 0.2) is 0 Å². The Bertz CT molecular complexity index is 738. The molecule has 1 aliphatic heterocycles. The molecule has 4 bridgehead atoms. The highest BCUT2D eigenvalue weighted by Gasteiger charge is 2.57. The summed E-state index contributed by atoms with van der Waals surface area (Å²) < 4.78 is 13.7. The first-order valence-electron chi connectivity index (χ1n) is 9.86. The number of thioether (sulfide) groups is 1. The van der Waals surface area contributed by atoms with Crippen LogP contribution in [0.25, 0.3) is 0 Å². The number of hydrogen-bond acceptors (Lipinski definition) is 3. The zero-order valence-electron chi connectivity index (χ0n) is 15.0. The molecule has 3 unspecified atom stereocenters. The van der Waals surface area contributed by atoms with Crippen molar-refractivity contribution in [3.05, 3.63) is 29.6 Å². The van der Waals surface area contributed by atoms with E-state index in [1.165, 1.54) is 12.5 Å². The fraction of sp³-hybridized carbons (Fsp3) is 0.667. The molecule has 4 saturated carbocycles. The van der Waals surface area contributed by atoms with E-state index in [0.717, 1.165) is 54.7 Å². The Morgan fingerprint density at radius 1 is 1.27 bits per heavy atom. The van der Waals surface area contributed by atoms with Crippen LogP contribution < -0.4 is 5.32 Å². The van der Waals surface area contributed by atoms with E-state index in [9.17, 15) is 14.3 Å². The van der Waals surface area contributed by atoms with Crippen molar-refractivity contribution in [3.63, 3.8) is 0 Å². The van der Waals surface area contributed by atoms with Crippen LogP contribution in [0.2, 0.25) is 0 Å². The Kier molecular flexibility index (Phi) is 3.91. The van der Waals surface area contributed by atoms with Crippen molar-refractivity contribution < 1.29 is 14.3 Å². The summed E-state index contributed by atoms with van der Waals surface area (Å²) in [6.45, 7) is 0. The number of rotatable bonds is 3. The Hall–Kier alpha value is -1.07. The zero-order valence-corrected chi connectivity index (χ0v) is 15.8. The number of aliphatic hydroxyl groups is 1. The molecule has 0 aromatic heterocycles. The van der Waals surface area contributed by atoms with Gasteiger partial charge in [-0.3, -0.25) is 4.79 Å². The van der Waals surface area contributed by atoms with Gasteiger partial charge in [-0.25, -0.2) is 4.39 Å². The van der Waals surface area contributed by atoms with Crippen LogP contribution in [0.1, 0.15) is 63.0 Å². The van der Waals surface area contributed by atoms with E-state index in [2.05, 4.69) is 5.32 Å². The molecule has 26 heavy (non-hydrogen) atoms. The van der Waals surface area contributed by atoms with Gasteiger partial charge in [0, 0.05) is 17.1 Å². The molecule has 0 saturated heterocycles. The normalized spacial score (nSPS) is 40.3. The van der Waals surface area contributed by atoms with Crippen LogP contribution in [0.3, 0.4) is 0 Å². The largest absolute Gasteiger partial charge is 0.390 e. The number of amides is 1. The van der Waals surface area contributed by atoms with Gasteiger partial charge in [0.05, 0.1) is 11.6 Å². The molecule has 4 aliphatic carbocycles. The third kappa shape index (κ3) is 2.97. The highest BCUT2D eigenvalue weighted by Crippen LogP contribution is 2.62. The fourth-order valence-corrected chi connectivity index (χ4v) is 7.82. The average molecular weight is 376 g/mol. The third-order valence-corrected chi connectivity index (χ3v) is 8.16. The maximum Gasteiger partial charge on any atom is 0.221 e. The fourth-order valence-electron chi connectivity index (χ4n) is 6.71. The molecule has 0 radical (unpaired) electrons. The molecule has 1 heterocycles. The first-order valence-corrected chi connectivity index (χ1v) is 10.8. The maximum absolute atomic E-state index is 13.7. The van der Waals surface area contributed by atoms with E-state index in [0.29, 0.717) is 18.3 Å². The van der Waals surface area contributed by atoms with E-state index < -0.39 is 5.60 Å². The molecule has 1 amide bonds. The Balaban J connectivity index is 1.31. The van der Waals surface area contributed by atoms with Crippen molar-refractivity contribution in [2.24, 2.45) is 17.3 Å². The molecule has 3 nitrogen and oxygen atoms in total. The summed E-state index contributed by atoms with van der Waals surface area (Å²) in [6, 6.07) is 4.79. The molecule has 140 valence electrons. The summed E-state index contributed by atoms with van der Waals surface area (Å²) in [6.07, 6.45) is 7.41. The second kappa shape index (κ2) is 5.96. The van der Waals surface area contributed by atoms with E-state index in [-0.39, 0.29) is 23.2 Å². The van der Waals surface area contributed by atoms with Crippen molar-refractivity contribution in [1.82, 2.24) is 5.32 Å². The number of carbonyl (C=O) groups is 1. The topological polar surface area (TPSA) is 49.3 Å². The first-order chi connectivity index (χ1) is 12.4. The quantitative estimate of drug-likeness (QED) is 0.832. The van der Waals surface area contributed by atoms with Gasteiger partial charge < -0.3 is 10.4 Å². The molecule has 5 aliphatic rings. The maximum atomic E-state index is 13.7. The summed E-state index contributed by atoms with van der Waals surface area (Å²) in [7, 11) is 0. The van der Waals surface area contributed by atoms with Crippen molar-refractivity contribution in [2.45, 2.75) is 67.9 Å². The zero-order chi connectivity index (χ0) is 17.9. The number of nitrogens with one attached hydrogen (secondary N) is 1. The molecule has 3 atom stereocenters. The predicted octanol–water partition coefficient (Wildman–Crippen LogP) is 4.20. The summed E-state index contributed by atoms with van der Waals surface area (Å²) in [4.78, 5) is 14.0. The minimum atomic E-state index is -0.526.